The smallest absolute Gasteiger partial charge is 0.244 e. The second-order valence-electron chi connectivity index (χ2n) is 5.28. The van der Waals surface area contributed by atoms with Gasteiger partial charge in [0.15, 0.2) is 0 Å². The first-order chi connectivity index (χ1) is 8.39. The zero-order chi connectivity index (χ0) is 13.3. The lowest BCUT2D eigenvalue weighted by atomic mass is 9.87. The van der Waals surface area contributed by atoms with Gasteiger partial charge in [-0.15, -0.1) is 0 Å². The third-order valence-corrected chi connectivity index (χ3v) is 3.09. The lowest BCUT2D eigenvalue weighted by Gasteiger charge is -2.23. The molecule has 2 aromatic rings. The standard InChI is InChI=1S/C13H16ClN3O/c1-13(2,3)10(15)12-16-11(17-18-12)8-6-4-5-7-9(8)14/h4-7,10H,15H2,1-3H3. The summed E-state index contributed by atoms with van der Waals surface area (Å²) >= 11 is 6.08. The van der Waals surface area contributed by atoms with Crippen molar-refractivity contribution in [3.05, 3.63) is 35.2 Å². The number of hydrogen-bond donors (Lipinski definition) is 1. The molecule has 0 spiro atoms. The molecule has 1 atom stereocenters. The molecule has 5 heteroatoms. The van der Waals surface area contributed by atoms with Gasteiger partial charge in [0.25, 0.3) is 0 Å². The van der Waals surface area contributed by atoms with Crippen LogP contribution in [0, 0.1) is 5.41 Å². The van der Waals surface area contributed by atoms with Gasteiger partial charge in [-0.3, -0.25) is 0 Å². The van der Waals surface area contributed by atoms with Gasteiger partial charge in [0.1, 0.15) is 0 Å². The molecule has 0 saturated heterocycles. The SMILES string of the molecule is CC(C)(C)C(N)c1nc(-c2ccccc2Cl)no1. The Kier molecular flexibility index (Phi) is 3.41. The highest BCUT2D eigenvalue weighted by Crippen LogP contribution is 2.31. The maximum atomic E-state index is 6.08. The van der Waals surface area contributed by atoms with E-state index in [0.717, 1.165) is 5.56 Å². The normalized spacial score (nSPS) is 13.6. The Morgan fingerprint density at radius 1 is 1.28 bits per heavy atom. The minimum Gasteiger partial charge on any atom is -0.337 e. The van der Waals surface area contributed by atoms with E-state index in [1.54, 1.807) is 6.07 Å². The zero-order valence-corrected chi connectivity index (χ0v) is 11.4. The van der Waals surface area contributed by atoms with Crippen LogP contribution in [0.2, 0.25) is 5.02 Å². The summed E-state index contributed by atoms with van der Waals surface area (Å²) in [5, 5.41) is 4.52. The highest BCUT2D eigenvalue weighted by Gasteiger charge is 2.27. The first-order valence-corrected chi connectivity index (χ1v) is 6.11. The third kappa shape index (κ3) is 2.54. The van der Waals surface area contributed by atoms with Crippen LogP contribution in [-0.2, 0) is 0 Å². The van der Waals surface area contributed by atoms with Gasteiger partial charge in [-0.2, -0.15) is 4.98 Å². The molecule has 0 saturated carbocycles. The first kappa shape index (κ1) is 13.1. The number of rotatable bonds is 2. The second kappa shape index (κ2) is 4.71. The number of nitrogens with zero attached hydrogens (tertiary/aromatic N) is 2. The molecular weight excluding hydrogens is 250 g/mol. The molecule has 18 heavy (non-hydrogen) atoms. The van der Waals surface area contributed by atoms with Gasteiger partial charge < -0.3 is 10.3 Å². The Bertz CT molecular complexity index is 545. The van der Waals surface area contributed by atoms with Crippen molar-refractivity contribution in [1.29, 1.82) is 0 Å². The van der Waals surface area contributed by atoms with Gasteiger partial charge >= 0.3 is 0 Å². The zero-order valence-electron chi connectivity index (χ0n) is 10.6. The van der Waals surface area contributed by atoms with Crippen LogP contribution in [0.3, 0.4) is 0 Å². The molecule has 1 aromatic carbocycles. The molecule has 4 nitrogen and oxygen atoms in total. The molecule has 0 aliphatic carbocycles. The van der Waals surface area contributed by atoms with Crippen molar-refractivity contribution in [1.82, 2.24) is 10.1 Å². The molecule has 0 aliphatic heterocycles. The van der Waals surface area contributed by atoms with Gasteiger partial charge in [-0.05, 0) is 17.5 Å². The molecular formula is C13H16ClN3O. The van der Waals surface area contributed by atoms with E-state index in [1.165, 1.54) is 0 Å². The van der Waals surface area contributed by atoms with Gasteiger partial charge in [-0.1, -0.05) is 49.7 Å². The van der Waals surface area contributed by atoms with E-state index in [9.17, 15) is 0 Å². The van der Waals surface area contributed by atoms with Gasteiger partial charge in [0.05, 0.1) is 11.1 Å². The lowest BCUT2D eigenvalue weighted by molar-refractivity contribution is 0.253. The molecule has 96 valence electrons. The molecule has 0 aliphatic rings. The quantitative estimate of drug-likeness (QED) is 0.903. The van der Waals surface area contributed by atoms with E-state index in [2.05, 4.69) is 10.1 Å². The summed E-state index contributed by atoms with van der Waals surface area (Å²) in [6.07, 6.45) is 0. The van der Waals surface area contributed by atoms with Crippen molar-refractivity contribution < 1.29 is 4.52 Å². The summed E-state index contributed by atoms with van der Waals surface area (Å²) in [6, 6.07) is 7.06. The van der Waals surface area contributed by atoms with E-state index in [4.69, 9.17) is 21.9 Å². The van der Waals surface area contributed by atoms with Gasteiger partial charge in [0.2, 0.25) is 11.7 Å². The summed E-state index contributed by atoms with van der Waals surface area (Å²) < 4.78 is 5.22. The topological polar surface area (TPSA) is 64.9 Å². The summed E-state index contributed by atoms with van der Waals surface area (Å²) in [5.41, 5.74) is 6.68. The molecule has 1 heterocycles. The predicted molar refractivity (Wildman–Crippen MR) is 71.1 cm³/mol. The van der Waals surface area contributed by atoms with Crippen LogP contribution >= 0.6 is 11.6 Å². The van der Waals surface area contributed by atoms with Crippen molar-refractivity contribution in [3.8, 4) is 11.4 Å². The molecule has 0 bridgehead atoms. The average molecular weight is 266 g/mol. The van der Waals surface area contributed by atoms with Crippen molar-refractivity contribution in [3.63, 3.8) is 0 Å². The van der Waals surface area contributed by atoms with E-state index in [1.807, 2.05) is 39.0 Å². The minimum atomic E-state index is -0.304. The highest BCUT2D eigenvalue weighted by atomic mass is 35.5. The van der Waals surface area contributed by atoms with Gasteiger partial charge in [-0.25, -0.2) is 0 Å². The summed E-state index contributed by atoms with van der Waals surface area (Å²) in [5.74, 6) is 0.896. The van der Waals surface area contributed by atoms with Crippen LogP contribution < -0.4 is 5.73 Å². The van der Waals surface area contributed by atoms with Crippen LogP contribution in [0.25, 0.3) is 11.4 Å². The van der Waals surface area contributed by atoms with Crippen molar-refractivity contribution >= 4 is 11.6 Å². The predicted octanol–water partition coefficient (Wildman–Crippen LogP) is 3.44. The van der Waals surface area contributed by atoms with E-state index in [0.29, 0.717) is 16.7 Å². The highest BCUT2D eigenvalue weighted by molar-refractivity contribution is 6.33. The number of hydrogen-bond acceptors (Lipinski definition) is 4. The fourth-order valence-electron chi connectivity index (χ4n) is 1.48. The fourth-order valence-corrected chi connectivity index (χ4v) is 1.70. The van der Waals surface area contributed by atoms with Gasteiger partial charge in [0, 0.05) is 5.56 Å². The molecule has 2 rings (SSSR count). The largest absolute Gasteiger partial charge is 0.337 e. The number of halogens is 1. The Morgan fingerprint density at radius 3 is 2.56 bits per heavy atom. The number of benzene rings is 1. The Morgan fingerprint density at radius 2 is 1.94 bits per heavy atom. The number of aromatic nitrogens is 2. The van der Waals surface area contributed by atoms with Crippen molar-refractivity contribution in [2.45, 2.75) is 26.8 Å². The van der Waals surface area contributed by atoms with Crippen LogP contribution in [0.4, 0.5) is 0 Å². The monoisotopic (exact) mass is 265 g/mol. The minimum absolute atomic E-state index is 0.135. The van der Waals surface area contributed by atoms with E-state index in [-0.39, 0.29) is 11.5 Å². The van der Waals surface area contributed by atoms with Crippen LogP contribution in [0.5, 0.6) is 0 Å². The Labute approximate surface area is 111 Å². The van der Waals surface area contributed by atoms with Crippen LogP contribution in [-0.4, -0.2) is 10.1 Å². The fraction of sp³-hybridized carbons (Fsp3) is 0.385. The van der Waals surface area contributed by atoms with E-state index < -0.39 is 0 Å². The summed E-state index contributed by atoms with van der Waals surface area (Å²) in [4.78, 5) is 4.32. The van der Waals surface area contributed by atoms with Crippen molar-refractivity contribution in [2.75, 3.05) is 0 Å². The second-order valence-corrected chi connectivity index (χ2v) is 5.69. The summed E-state index contributed by atoms with van der Waals surface area (Å²) in [6.45, 7) is 6.07. The average Bonchev–Trinajstić information content (AvgIpc) is 2.76. The molecule has 0 fully saturated rings. The molecule has 1 aromatic heterocycles. The number of nitrogens with two attached hydrogens (primary N) is 1. The van der Waals surface area contributed by atoms with E-state index >= 15 is 0 Å². The molecule has 1 unspecified atom stereocenters. The summed E-state index contributed by atoms with van der Waals surface area (Å²) in [7, 11) is 0. The molecule has 2 N–H and O–H groups in total. The molecule has 0 radical (unpaired) electrons. The maximum absolute atomic E-state index is 6.08. The van der Waals surface area contributed by atoms with Crippen LogP contribution in [0.15, 0.2) is 28.8 Å². The first-order valence-electron chi connectivity index (χ1n) is 5.73. The third-order valence-electron chi connectivity index (χ3n) is 2.76. The van der Waals surface area contributed by atoms with Crippen LogP contribution in [0.1, 0.15) is 32.7 Å². The Hall–Kier alpha value is -1.39. The van der Waals surface area contributed by atoms with Crippen molar-refractivity contribution in [2.24, 2.45) is 11.1 Å². The lowest BCUT2D eigenvalue weighted by Crippen LogP contribution is -2.26. The molecule has 0 amide bonds. The maximum Gasteiger partial charge on any atom is 0.244 e. The Balaban J connectivity index is 2.35.